The molecule has 20 heavy (non-hydrogen) atoms. The van der Waals surface area contributed by atoms with Crippen molar-refractivity contribution in [3.05, 3.63) is 54.2 Å². The van der Waals surface area contributed by atoms with E-state index in [4.69, 9.17) is 14.7 Å². The molecule has 0 saturated carbocycles. The van der Waals surface area contributed by atoms with Crippen LogP contribution in [0.3, 0.4) is 0 Å². The van der Waals surface area contributed by atoms with Gasteiger partial charge in [-0.1, -0.05) is 5.16 Å². The summed E-state index contributed by atoms with van der Waals surface area (Å²) in [5.74, 6) is 1.46. The molecule has 0 saturated heterocycles. The third kappa shape index (κ3) is 2.70. The smallest absolute Gasteiger partial charge is 0.202 e. The van der Waals surface area contributed by atoms with E-state index < -0.39 is 0 Å². The molecule has 2 N–H and O–H groups in total. The Labute approximate surface area is 118 Å². The van der Waals surface area contributed by atoms with Crippen LogP contribution in [0.5, 0.6) is 0 Å². The first kappa shape index (κ1) is 12.8. The van der Waals surface area contributed by atoms with Gasteiger partial charge in [-0.3, -0.25) is 0 Å². The van der Waals surface area contributed by atoms with Crippen molar-refractivity contribution in [1.82, 2.24) is 5.16 Å². The second-order valence-corrected chi connectivity index (χ2v) is 5.15. The molecule has 0 amide bonds. The molecule has 0 aliphatic carbocycles. The summed E-state index contributed by atoms with van der Waals surface area (Å²) >= 11 is 1.47. The summed E-state index contributed by atoms with van der Waals surface area (Å²) in [4.78, 5) is 0.814. The van der Waals surface area contributed by atoms with E-state index in [1.165, 1.54) is 23.9 Å². The normalized spacial score (nSPS) is 10.8. The summed E-state index contributed by atoms with van der Waals surface area (Å²) in [6.45, 7) is 0. The van der Waals surface area contributed by atoms with Gasteiger partial charge in [0.2, 0.25) is 5.76 Å². The van der Waals surface area contributed by atoms with Crippen molar-refractivity contribution in [3.8, 4) is 11.5 Å². The molecule has 102 valence electrons. The Hall–Kier alpha value is -2.21. The van der Waals surface area contributed by atoms with Gasteiger partial charge in [0.05, 0.1) is 12.0 Å². The molecule has 2 heterocycles. The number of furan rings is 1. The Kier molecular flexibility index (Phi) is 3.47. The van der Waals surface area contributed by atoms with Gasteiger partial charge in [-0.25, -0.2) is 4.39 Å². The molecule has 6 heteroatoms. The number of nitrogens with two attached hydrogens (primary N) is 1. The number of halogens is 1. The average Bonchev–Trinajstić information content (AvgIpc) is 3.08. The molecule has 3 aromatic rings. The fourth-order valence-corrected chi connectivity index (χ4v) is 2.55. The molecule has 0 spiro atoms. The maximum Gasteiger partial charge on any atom is 0.202 e. The molecule has 0 bridgehead atoms. The molecule has 0 unspecified atom stereocenters. The first-order chi connectivity index (χ1) is 9.72. The molecule has 4 nitrogen and oxygen atoms in total. The Morgan fingerprint density at radius 1 is 1.20 bits per heavy atom. The van der Waals surface area contributed by atoms with Crippen molar-refractivity contribution in [1.29, 1.82) is 0 Å². The Morgan fingerprint density at radius 2 is 2.10 bits per heavy atom. The summed E-state index contributed by atoms with van der Waals surface area (Å²) in [6, 6.07) is 9.74. The minimum atomic E-state index is -0.339. The van der Waals surface area contributed by atoms with E-state index in [2.05, 4.69) is 5.16 Å². The van der Waals surface area contributed by atoms with Crippen LogP contribution in [0, 0.1) is 5.82 Å². The van der Waals surface area contributed by atoms with Crippen LogP contribution in [-0.2, 0) is 5.75 Å². The third-order valence-corrected chi connectivity index (χ3v) is 3.79. The monoisotopic (exact) mass is 290 g/mol. The van der Waals surface area contributed by atoms with E-state index in [0.29, 0.717) is 23.0 Å². The van der Waals surface area contributed by atoms with Crippen molar-refractivity contribution in [2.75, 3.05) is 5.73 Å². The van der Waals surface area contributed by atoms with Crippen molar-refractivity contribution in [2.24, 2.45) is 0 Å². The average molecular weight is 290 g/mol. The SMILES string of the molecule is Nc1cc(F)ccc1SCc1cc(-c2ccco2)on1. The Morgan fingerprint density at radius 3 is 2.85 bits per heavy atom. The number of rotatable bonds is 4. The largest absolute Gasteiger partial charge is 0.461 e. The van der Waals surface area contributed by atoms with Gasteiger partial charge in [-0.05, 0) is 30.3 Å². The first-order valence-electron chi connectivity index (χ1n) is 5.89. The van der Waals surface area contributed by atoms with Crippen LogP contribution in [0.4, 0.5) is 10.1 Å². The second-order valence-electron chi connectivity index (χ2n) is 4.13. The molecule has 0 atom stereocenters. The van der Waals surface area contributed by atoms with E-state index >= 15 is 0 Å². The maximum atomic E-state index is 12.9. The first-order valence-corrected chi connectivity index (χ1v) is 6.88. The quantitative estimate of drug-likeness (QED) is 0.582. The molecule has 2 aromatic heterocycles. The third-order valence-electron chi connectivity index (χ3n) is 2.67. The fraction of sp³-hybridized carbons (Fsp3) is 0.0714. The van der Waals surface area contributed by atoms with E-state index in [0.717, 1.165) is 10.6 Å². The van der Waals surface area contributed by atoms with Gasteiger partial charge >= 0.3 is 0 Å². The molecule has 1 aromatic carbocycles. The number of thioether (sulfide) groups is 1. The standard InChI is InChI=1S/C14H11FN2O2S/c15-9-3-4-14(11(16)6-9)20-8-10-7-13(19-17-10)12-2-1-5-18-12/h1-7H,8,16H2. The van der Waals surface area contributed by atoms with Crippen molar-refractivity contribution in [3.63, 3.8) is 0 Å². The van der Waals surface area contributed by atoms with Crippen LogP contribution in [-0.4, -0.2) is 5.16 Å². The van der Waals surface area contributed by atoms with Crippen LogP contribution in [0.25, 0.3) is 11.5 Å². The van der Waals surface area contributed by atoms with Crippen molar-refractivity contribution >= 4 is 17.4 Å². The van der Waals surface area contributed by atoms with E-state index in [1.807, 2.05) is 6.07 Å². The molecular formula is C14H11FN2O2S. The number of hydrogen-bond acceptors (Lipinski definition) is 5. The number of aromatic nitrogens is 1. The summed E-state index contributed by atoms with van der Waals surface area (Å²) in [7, 11) is 0. The lowest BCUT2D eigenvalue weighted by atomic mass is 10.3. The predicted octanol–water partition coefficient (Wildman–Crippen LogP) is 3.95. The highest BCUT2D eigenvalue weighted by atomic mass is 32.2. The van der Waals surface area contributed by atoms with E-state index in [1.54, 1.807) is 24.5 Å². The van der Waals surface area contributed by atoms with Gasteiger partial charge in [0.15, 0.2) is 5.76 Å². The van der Waals surface area contributed by atoms with Crippen LogP contribution in [0.1, 0.15) is 5.69 Å². The lowest BCUT2D eigenvalue weighted by Gasteiger charge is -2.03. The molecule has 0 aliphatic rings. The van der Waals surface area contributed by atoms with Gasteiger partial charge in [0, 0.05) is 22.4 Å². The van der Waals surface area contributed by atoms with Gasteiger partial charge in [0.1, 0.15) is 5.82 Å². The zero-order valence-corrected chi connectivity index (χ0v) is 11.2. The topological polar surface area (TPSA) is 65.2 Å². The van der Waals surface area contributed by atoms with Gasteiger partial charge in [0.25, 0.3) is 0 Å². The number of hydrogen-bond donors (Lipinski definition) is 1. The number of nitrogen functional groups attached to an aromatic ring is 1. The summed E-state index contributed by atoms with van der Waals surface area (Å²) in [5.41, 5.74) is 6.94. The van der Waals surface area contributed by atoms with Crippen LogP contribution >= 0.6 is 11.8 Å². The van der Waals surface area contributed by atoms with Gasteiger partial charge < -0.3 is 14.7 Å². The fourth-order valence-electron chi connectivity index (χ4n) is 1.72. The minimum Gasteiger partial charge on any atom is -0.461 e. The lowest BCUT2D eigenvalue weighted by molar-refractivity contribution is 0.413. The zero-order chi connectivity index (χ0) is 13.9. The number of anilines is 1. The highest BCUT2D eigenvalue weighted by molar-refractivity contribution is 7.98. The lowest BCUT2D eigenvalue weighted by Crippen LogP contribution is -1.90. The van der Waals surface area contributed by atoms with Crippen molar-refractivity contribution in [2.45, 2.75) is 10.6 Å². The van der Waals surface area contributed by atoms with E-state index in [9.17, 15) is 4.39 Å². The number of benzene rings is 1. The highest BCUT2D eigenvalue weighted by Crippen LogP contribution is 2.29. The minimum absolute atomic E-state index is 0.339. The molecule has 0 fully saturated rings. The van der Waals surface area contributed by atoms with Gasteiger partial charge in [-0.2, -0.15) is 0 Å². The molecule has 0 radical (unpaired) electrons. The Balaban J connectivity index is 1.70. The van der Waals surface area contributed by atoms with Crippen molar-refractivity contribution < 1.29 is 13.3 Å². The van der Waals surface area contributed by atoms with Crippen LogP contribution in [0.2, 0.25) is 0 Å². The van der Waals surface area contributed by atoms with Crippen LogP contribution < -0.4 is 5.73 Å². The highest BCUT2D eigenvalue weighted by Gasteiger charge is 2.10. The maximum absolute atomic E-state index is 12.9. The summed E-state index contributed by atoms with van der Waals surface area (Å²) < 4.78 is 23.4. The summed E-state index contributed by atoms with van der Waals surface area (Å²) in [5, 5.41) is 3.96. The number of nitrogens with zero attached hydrogens (tertiary/aromatic N) is 1. The summed E-state index contributed by atoms with van der Waals surface area (Å²) in [6.07, 6.45) is 1.57. The zero-order valence-electron chi connectivity index (χ0n) is 10.4. The Bertz CT molecular complexity index is 710. The van der Waals surface area contributed by atoms with Gasteiger partial charge in [-0.15, -0.1) is 11.8 Å². The molecule has 0 aliphatic heterocycles. The van der Waals surface area contributed by atoms with E-state index in [-0.39, 0.29) is 5.82 Å². The molecular weight excluding hydrogens is 279 g/mol. The second kappa shape index (κ2) is 5.42. The van der Waals surface area contributed by atoms with Crippen LogP contribution in [0.15, 0.2) is 56.5 Å². The predicted molar refractivity (Wildman–Crippen MR) is 74.6 cm³/mol. The molecule has 3 rings (SSSR count).